The zero-order chi connectivity index (χ0) is 16.2. The molecule has 0 heterocycles. The molecule has 0 spiro atoms. The summed E-state index contributed by atoms with van der Waals surface area (Å²) in [5.74, 6) is 2.60. The van der Waals surface area contributed by atoms with Crippen molar-refractivity contribution in [1.82, 2.24) is 0 Å². The lowest BCUT2D eigenvalue weighted by Gasteiger charge is -2.49. The molecule has 2 saturated carbocycles. The smallest absolute Gasteiger partial charge is 0.252 e. The highest BCUT2D eigenvalue weighted by Gasteiger charge is 2.50. The van der Waals surface area contributed by atoms with Gasteiger partial charge in [0, 0.05) is 0 Å². The van der Waals surface area contributed by atoms with Crippen molar-refractivity contribution in [2.75, 3.05) is 7.11 Å². The Morgan fingerprint density at radius 2 is 2.09 bits per heavy atom. The van der Waals surface area contributed by atoms with E-state index in [9.17, 15) is 4.79 Å². The predicted molar refractivity (Wildman–Crippen MR) is 90.7 cm³/mol. The lowest BCUT2D eigenvalue weighted by Crippen LogP contribution is -2.39. The third-order valence-corrected chi connectivity index (χ3v) is 7.09. The SMILES string of the molecule is COc1cc2c(cc1C(N)=O)CCC1C2CCC2(C)CCCC12. The molecule has 1 amide bonds. The molecule has 0 bridgehead atoms. The van der Waals surface area contributed by atoms with E-state index < -0.39 is 5.91 Å². The van der Waals surface area contributed by atoms with Gasteiger partial charge in [0.1, 0.15) is 5.75 Å². The number of aryl methyl sites for hydroxylation is 1. The number of amides is 1. The Kier molecular flexibility index (Phi) is 3.44. The molecular weight excluding hydrogens is 286 g/mol. The van der Waals surface area contributed by atoms with Crippen molar-refractivity contribution in [2.45, 2.75) is 57.8 Å². The molecule has 3 aliphatic carbocycles. The van der Waals surface area contributed by atoms with Gasteiger partial charge in [-0.1, -0.05) is 13.3 Å². The number of fused-ring (bicyclic) bond motifs is 5. The molecule has 3 nitrogen and oxygen atoms in total. The van der Waals surface area contributed by atoms with Crippen LogP contribution in [0.4, 0.5) is 0 Å². The normalized spacial score (nSPS) is 35.1. The predicted octanol–water partition coefficient (Wildman–Crippen LogP) is 4.04. The van der Waals surface area contributed by atoms with Crippen molar-refractivity contribution in [3.05, 3.63) is 28.8 Å². The van der Waals surface area contributed by atoms with Gasteiger partial charge in [-0.3, -0.25) is 4.79 Å². The standard InChI is InChI=1S/C20H27NO2/c1-20-8-3-4-17(20)14-6-5-12-10-16(19(21)22)18(23-2)11-15(12)13(14)7-9-20/h10-11,13-14,17H,3-9H2,1-2H3,(H2,21,22). The summed E-state index contributed by atoms with van der Waals surface area (Å²) in [5, 5.41) is 0. The Labute approximate surface area is 138 Å². The fourth-order valence-corrected chi connectivity index (χ4v) is 5.95. The second-order valence-corrected chi connectivity index (χ2v) is 8.12. The van der Waals surface area contributed by atoms with Crippen molar-refractivity contribution >= 4 is 5.91 Å². The lowest BCUT2D eigenvalue weighted by atomic mass is 9.56. The molecule has 124 valence electrons. The summed E-state index contributed by atoms with van der Waals surface area (Å²) in [6, 6.07) is 4.11. The van der Waals surface area contributed by atoms with E-state index in [1.54, 1.807) is 7.11 Å². The van der Waals surface area contributed by atoms with Gasteiger partial charge in [-0.25, -0.2) is 0 Å². The van der Waals surface area contributed by atoms with Gasteiger partial charge in [0.15, 0.2) is 0 Å². The number of methoxy groups -OCH3 is 1. The molecule has 4 atom stereocenters. The van der Waals surface area contributed by atoms with Gasteiger partial charge in [0.05, 0.1) is 12.7 Å². The van der Waals surface area contributed by atoms with E-state index in [2.05, 4.69) is 13.0 Å². The van der Waals surface area contributed by atoms with Gasteiger partial charge in [-0.15, -0.1) is 0 Å². The van der Waals surface area contributed by atoms with Crippen LogP contribution in [0.5, 0.6) is 5.75 Å². The number of benzene rings is 1. The summed E-state index contributed by atoms with van der Waals surface area (Å²) >= 11 is 0. The highest BCUT2D eigenvalue weighted by molar-refractivity contribution is 5.96. The number of hydrogen-bond donors (Lipinski definition) is 1. The average molecular weight is 313 g/mol. The van der Waals surface area contributed by atoms with Crippen molar-refractivity contribution in [1.29, 1.82) is 0 Å². The number of rotatable bonds is 2. The van der Waals surface area contributed by atoms with Crippen molar-refractivity contribution < 1.29 is 9.53 Å². The summed E-state index contributed by atoms with van der Waals surface area (Å²) in [7, 11) is 1.63. The van der Waals surface area contributed by atoms with Gasteiger partial charge < -0.3 is 10.5 Å². The monoisotopic (exact) mass is 313 g/mol. The molecule has 0 aromatic heterocycles. The third kappa shape index (κ3) is 2.20. The Bertz CT molecular complexity index is 653. The second kappa shape index (κ2) is 5.25. The summed E-state index contributed by atoms with van der Waals surface area (Å²) in [6.45, 7) is 2.52. The number of carbonyl (C=O) groups excluding carboxylic acids is 1. The van der Waals surface area contributed by atoms with E-state index in [0.717, 1.165) is 18.3 Å². The average Bonchev–Trinajstić information content (AvgIpc) is 2.94. The molecule has 23 heavy (non-hydrogen) atoms. The molecule has 2 N–H and O–H groups in total. The van der Waals surface area contributed by atoms with Crippen LogP contribution >= 0.6 is 0 Å². The molecular formula is C20H27NO2. The fourth-order valence-electron chi connectivity index (χ4n) is 5.95. The van der Waals surface area contributed by atoms with Gasteiger partial charge >= 0.3 is 0 Å². The van der Waals surface area contributed by atoms with E-state index in [4.69, 9.17) is 10.5 Å². The first-order valence-corrected chi connectivity index (χ1v) is 9.04. The molecule has 2 fully saturated rings. The van der Waals surface area contributed by atoms with Gasteiger partial charge in [-0.05, 0) is 85.0 Å². The van der Waals surface area contributed by atoms with E-state index in [1.165, 1.54) is 49.7 Å². The van der Waals surface area contributed by atoms with Crippen LogP contribution in [0.15, 0.2) is 12.1 Å². The summed E-state index contributed by atoms with van der Waals surface area (Å²) in [5.41, 5.74) is 9.39. The zero-order valence-corrected chi connectivity index (χ0v) is 14.2. The number of hydrogen-bond acceptors (Lipinski definition) is 2. The summed E-state index contributed by atoms with van der Waals surface area (Å²) < 4.78 is 5.46. The van der Waals surface area contributed by atoms with E-state index in [0.29, 0.717) is 22.6 Å². The molecule has 0 radical (unpaired) electrons. The van der Waals surface area contributed by atoms with Crippen LogP contribution in [0.25, 0.3) is 0 Å². The molecule has 1 aromatic rings. The number of primary amides is 1. The first-order valence-electron chi connectivity index (χ1n) is 9.04. The first-order chi connectivity index (χ1) is 11.0. The third-order valence-electron chi connectivity index (χ3n) is 7.09. The van der Waals surface area contributed by atoms with Crippen LogP contribution in [0.1, 0.15) is 72.9 Å². The molecule has 4 rings (SSSR count). The number of ether oxygens (including phenoxy) is 1. The molecule has 0 aliphatic heterocycles. The van der Waals surface area contributed by atoms with Crippen molar-refractivity contribution in [3.63, 3.8) is 0 Å². The van der Waals surface area contributed by atoms with Gasteiger partial charge in [0.25, 0.3) is 5.91 Å². The Balaban J connectivity index is 1.74. The minimum atomic E-state index is -0.390. The van der Waals surface area contributed by atoms with Crippen LogP contribution in [0.2, 0.25) is 0 Å². The highest BCUT2D eigenvalue weighted by atomic mass is 16.5. The topological polar surface area (TPSA) is 52.3 Å². The minimum absolute atomic E-state index is 0.390. The van der Waals surface area contributed by atoms with E-state index >= 15 is 0 Å². The Morgan fingerprint density at radius 3 is 2.83 bits per heavy atom. The van der Waals surface area contributed by atoms with Crippen LogP contribution in [0, 0.1) is 17.3 Å². The molecule has 4 unspecified atom stereocenters. The highest BCUT2D eigenvalue weighted by Crippen LogP contribution is 2.61. The van der Waals surface area contributed by atoms with E-state index in [1.807, 2.05) is 6.07 Å². The summed E-state index contributed by atoms with van der Waals surface area (Å²) in [4.78, 5) is 11.7. The maximum atomic E-state index is 11.7. The van der Waals surface area contributed by atoms with Crippen LogP contribution in [0.3, 0.4) is 0 Å². The van der Waals surface area contributed by atoms with Gasteiger partial charge in [-0.2, -0.15) is 0 Å². The first kappa shape index (κ1) is 15.0. The zero-order valence-electron chi connectivity index (χ0n) is 14.2. The molecule has 0 saturated heterocycles. The fraction of sp³-hybridized carbons (Fsp3) is 0.650. The molecule has 1 aromatic carbocycles. The van der Waals surface area contributed by atoms with Crippen LogP contribution in [-0.2, 0) is 6.42 Å². The van der Waals surface area contributed by atoms with Gasteiger partial charge in [0.2, 0.25) is 0 Å². The molecule has 3 aliphatic rings. The van der Waals surface area contributed by atoms with Crippen LogP contribution < -0.4 is 10.5 Å². The quantitative estimate of drug-likeness (QED) is 0.896. The Morgan fingerprint density at radius 1 is 1.26 bits per heavy atom. The van der Waals surface area contributed by atoms with Crippen molar-refractivity contribution in [2.24, 2.45) is 23.0 Å². The largest absolute Gasteiger partial charge is 0.496 e. The number of carbonyl (C=O) groups is 1. The maximum Gasteiger partial charge on any atom is 0.252 e. The lowest BCUT2D eigenvalue weighted by molar-refractivity contribution is 0.0597. The van der Waals surface area contributed by atoms with Crippen molar-refractivity contribution in [3.8, 4) is 5.75 Å². The summed E-state index contributed by atoms with van der Waals surface area (Å²) in [6.07, 6.45) is 9.19. The van der Waals surface area contributed by atoms with E-state index in [-0.39, 0.29) is 0 Å². The van der Waals surface area contributed by atoms with Crippen LogP contribution in [-0.4, -0.2) is 13.0 Å². The molecule has 3 heteroatoms. The second-order valence-electron chi connectivity index (χ2n) is 8.12. The Hall–Kier alpha value is -1.51. The number of nitrogens with two attached hydrogens (primary N) is 1. The maximum absolute atomic E-state index is 11.7. The minimum Gasteiger partial charge on any atom is -0.496 e.